The Kier molecular flexibility index (Phi) is 6.51. The molecule has 2 N–H and O–H groups in total. The van der Waals surface area contributed by atoms with Crippen molar-refractivity contribution >= 4 is 11.8 Å². The molecule has 2 aromatic carbocycles. The van der Waals surface area contributed by atoms with E-state index in [-0.39, 0.29) is 0 Å². The predicted octanol–water partition coefficient (Wildman–Crippen LogP) is 3.73. The molecule has 0 fully saturated rings. The van der Waals surface area contributed by atoms with Crippen molar-refractivity contribution in [1.29, 1.82) is 0 Å². The molecule has 0 saturated carbocycles. The normalized spacial score (nSPS) is 10.2. The fraction of sp³-hybridized carbons (Fsp3) is 0.238. The highest BCUT2D eigenvalue weighted by molar-refractivity contribution is 5.45. The standard InChI is InChI=1S/C21H24N4O3/c1-26-17-7-4-15(5-8-17)13-23-20-10-11-22-21(25-20)24-14-16-6-9-18(27-2)19(12-16)28-3/h4-12H,13-14H2,1-3H3,(H2,22,23,24,25). The van der Waals surface area contributed by atoms with Crippen molar-refractivity contribution in [3.63, 3.8) is 0 Å². The molecule has 3 rings (SSSR count). The molecule has 1 aromatic heterocycles. The number of aromatic nitrogens is 2. The van der Waals surface area contributed by atoms with E-state index < -0.39 is 0 Å². The third kappa shape index (κ3) is 5.03. The topological polar surface area (TPSA) is 77.5 Å². The Morgan fingerprint density at radius 3 is 2.18 bits per heavy atom. The average molecular weight is 380 g/mol. The summed E-state index contributed by atoms with van der Waals surface area (Å²) in [7, 11) is 4.90. The Balaban J connectivity index is 1.58. The summed E-state index contributed by atoms with van der Waals surface area (Å²) in [5.41, 5.74) is 2.18. The molecule has 0 bridgehead atoms. The van der Waals surface area contributed by atoms with Gasteiger partial charge in [0.25, 0.3) is 0 Å². The van der Waals surface area contributed by atoms with E-state index in [4.69, 9.17) is 14.2 Å². The van der Waals surface area contributed by atoms with Crippen molar-refractivity contribution in [3.8, 4) is 17.2 Å². The van der Waals surface area contributed by atoms with Gasteiger partial charge in [0.15, 0.2) is 11.5 Å². The summed E-state index contributed by atoms with van der Waals surface area (Å²) >= 11 is 0. The largest absolute Gasteiger partial charge is 0.497 e. The van der Waals surface area contributed by atoms with Gasteiger partial charge in [0.2, 0.25) is 5.95 Å². The van der Waals surface area contributed by atoms with Crippen molar-refractivity contribution in [2.45, 2.75) is 13.1 Å². The van der Waals surface area contributed by atoms with Gasteiger partial charge in [-0.25, -0.2) is 4.98 Å². The first kappa shape index (κ1) is 19.3. The smallest absolute Gasteiger partial charge is 0.224 e. The maximum atomic E-state index is 5.33. The number of anilines is 2. The lowest BCUT2D eigenvalue weighted by atomic mass is 10.2. The highest BCUT2D eigenvalue weighted by Crippen LogP contribution is 2.27. The van der Waals surface area contributed by atoms with E-state index in [0.29, 0.717) is 30.5 Å². The molecular formula is C21H24N4O3. The van der Waals surface area contributed by atoms with E-state index in [2.05, 4.69) is 20.6 Å². The van der Waals surface area contributed by atoms with Crippen molar-refractivity contribution in [2.75, 3.05) is 32.0 Å². The van der Waals surface area contributed by atoms with Crippen LogP contribution in [0.3, 0.4) is 0 Å². The number of rotatable bonds is 9. The third-order valence-corrected chi connectivity index (χ3v) is 4.19. The summed E-state index contributed by atoms with van der Waals surface area (Å²) in [6.45, 7) is 1.23. The minimum atomic E-state index is 0.550. The molecule has 0 amide bonds. The van der Waals surface area contributed by atoms with Crippen LogP contribution in [0.5, 0.6) is 17.2 Å². The number of hydrogen-bond acceptors (Lipinski definition) is 7. The Hall–Kier alpha value is -3.48. The zero-order chi connectivity index (χ0) is 19.8. The van der Waals surface area contributed by atoms with Gasteiger partial charge in [-0.3, -0.25) is 0 Å². The van der Waals surface area contributed by atoms with Gasteiger partial charge in [0.05, 0.1) is 21.3 Å². The molecule has 28 heavy (non-hydrogen) atoms. The fourth-order valence-corrected chi connectivity index (χ4v) is 2.65. The molecule has 146 valence electrons. The Morgan fingerprint density at radius 1 is 0.750 bits per heavy atom. The molecule has 0 unspecified atom stereocenters. The van der Waals surface area contributed by atoms with E-state index in [9.17, 15) is 0 Å². The van der Waals surface area contributed by atoms with E-state index in [0.717, 1.165) is 22.7 Å². The summed E-state index contributed by atoms with van der Waals surface area (Å²) in [6.07, 6.45) is 1.72. The van der Waals surface area contributed by atoms with Crippen molar-refractivity contribution in [2.24, 2.45) is 0 Å². The Morgan fingerprint density at radius 2 is 1.46 bits per heavy atom. The highest BCUT2D eigenvalue weighted by atomic mass is 16.5. The van der Waals surface area contributed by atoms with Crippen LogP contribution in [-0.2, 0) is 13.1 Å². The molecule has 0 spiro atoms. The molecule has 0 saturated heterocycles. The first-order valence-electron chi connectivity index (χ1n) is 8.86. The molecule has 0 aliphatic rings. The number of ether oxygens (including phenoxy) is 3. The van der Waals surface area contributed by atoms with Crippen LogP contribution >= 0.6 is 0 Å². The lowest BCUT2D eigenvalue weighted by Crippen LogP contribution is -2.07. The molecule has 7 nitrogen and oxygen atoms in total. The summed E-state index contributed by atoms with van der Waals surface area (Å²) in [5.74, 6) is 3.53. The highest BCUT2D eigenvalue weighted by Gasteiger charge is 2.05. The van der Waals surface area contributed by atoms with Crippen LogP contribution in [0.25, 0.3) is 0 Å². The molecule has 0 aliphatic carbocycles. The second-order valence-corrected chi connectivity index (χ2v) is 6.01. The maximum absolute atomic E-state index is 5.33. The molecule has 0 radical (unpaired) electrons. The molecule has 0 atom stereocenters. The number of nitrogens with one attached hydrogen (secondary N) is 2. The first-order valence-corrected chi connectivity index (χ1v) is 8.86. The first-order chi connectivity index (χ1) is 13.7. The lowest BCUT2D eigenvalue weighted by molar-refractivity contribution is 0.354. The van der Waals surface area contributed by atoms with Crippen LogP contribution in [0.2, 0.25) is 0 Å². The third-order valence-electron chi connectivity index (χ3n) is 4.19. The van der Waals surface area contributed by atoms with Gasteiger partial charge in [-0.15, -0.1) is 0 Å². The van der Waals surface area contributed by atoms with Gasteiger partial charge in [-0.05, 0) is 41.5 Å². The average Bonchev–Trinajstić information content (AvgIpc) is 2.76. The van der Waals surface area contributed by atoms with Crippen LogP contribution < -0.4 is 24.8 Å². The number of nitrogens with zero attached hydrogens (tertiary/aromatic N) is 2. The zero-order valence-corrected chi connectivity index (χ0v) is 16.2. The van der Waals surface area contributed by atoms with Crippen LogP contribution in [0.4, 0.5) is 11.8 Å². The second-order valence-electron chi connectivity index (χ2n) is 6.01. The minimum Gasteiger partial charge on any atom is -0.497 e. The predicted molar refractivity (Wildman–Crippen MR) is 109 cm³/mol. The van der Waals surface area contributed by atoms with Gasteiger partial charge < -0.3 is 24.8 Å². The monoisotopic (exact) mass is 380 g/mol. The summed E-state index contributed by atoms with van der Waals surface area (Å²) in [5, 5.41) is 6.53. The zero-order valence-electron chi connectivity index (χ0n) is 16.2. The molecule has 0 aliphatic heterocycles. The minimum absolute atomic E-state index is 0.550. The van der Waals surface area contributed by atoms with Crippen LogP contribution in [0.1, 0.15) is 11.1 Å². The second kappa shape index (κ2) is 9.45. The van der Waals surface area contributed by atoms with Crippen molar-refractivity contribution in [3.05, 3.63) is 65.9 Å². The summed E-state index contributed by atoms with van der Waals surface area (Å²) in [6, 6.07) is 15.5. The molecule has 3 aromatic rings. The number of methoxy groups -OCH3 is 3. The summed E-state index contributed by atoms with van der Waals surface area (Å²) < 4.78 is 15.8. The van der Waals surface area contributed by atoms with Crippen LogP contribution in [0, 0.1) is 0 Å². The van der Waals surface area contributed by atoms with E-state index >= 15 is 0 Å². The summed E-state index contributed by atoms with van der Waals surface area (Å²) in [4.78, 5) is 8.77. The van der Waals surface area contributed by atoms with Crippen molar-refractivity contribution < 1.29 is 14.2 Å². The number of benzene rings is 2. The van der Waals surface area contributed by atoms with E-state index in [1.54, 1.807) is 27.5 Å². The number of hydrogen-bond donors (Lipinski definition) is 2. The molecular weight excluding hydrogens is 356 g/mol. The van der Waals surface area contributed by atoms with E-state index in [1.165, 1.54) is 0 Å². The van der Waals surface area contributed by atoms with Gasteiger partial charge >= 0.3 is 0 Å². The Labute approximate surface area is 164 Å². The maximum Gasteiger partial charge on any atom is 0.224 e. The van der Waals surface area contributed by atoms with Gasteiger partial charge in [0, 0.05) is 19.3 Å². The molecule has 7 heteroatoms. The lowest BCUT2D eigenvalue weighted by Gasteiger charge is -2.11. The van der Waals surface area contributed by atoms with Gasteiger partial charge in [-0.1, -0.05) is 18.2 Å². The fourth-order valence-electron chi connectivity index (χ4n) is 2.65. The van der Waals surface area contributed by atoms with Crippen LogP contribution in [-0.4, -0.2) is 31.3 Å². The quantitative estimate of drug-likeness (QED) is 0.586. The van der Waals surface area contributed by atoms with E-state index in [1.807, 2.05) is 48.5 Å². The van der Waals surface area contributed by atoms with Crippen LogP contribution in [0.15, 0.2) is 54.7 Å². The van der Waals surface area contributed by atoms with Gasteiger partial charge in [0.1, 0.15) is 11.6 Å². The Bertz CT molecular complexity index is 900. The SMILES string of the molecule is COc1ccc(CNc2ccnc(NCc3ccc(OC)c(OC)c3)n2)cc1. The van der Waals surface area contributed by atoms with Crippen molar-refractivity contribution in [1.82, 2.24) is 9.97 Å². The van der Waals surface area contributed by atoms with Gasteiger partial charge in [-0.2, -0.15) is 4.98 Å². The molecule has 1 heterocycles.